The van der Waals surface area contributed by atoms with Gasteiger partial charge in [-0.15, -0.1) is 0 Å². The molecular weight excluding hydrogens is 303 g/mol. The number of benzene rings is 1. The fraction of sp³-hybridized carbons (Fsp3) is 0.538. The summed E-state index contributed by atoms with van der Waals surface area (Å²) < 4.78 is 40.3. The average molecular weight is 323 g/mol. The highest BCUT2D eigenvalue weighted by Crippen LogP contribution is 2.24. The minimum Gasteiger partial charge on any atom is -0.310 e. The lowest BCUT2D eigenvalue weighted by atomic mass is 10.2. The van der Waals surface area contributed by atoms with E-state index in [4.69, 9.17) is 11.6 Å². The van der Waals surface area contributed by atoms with Gasteiger partial charge in [0.1, 0.15) is 5.82 Å². The van der Waals surface area contributed by atoms with E-state index in [-0.39, 0.29) is 22.0 Å². The zero-order valence-corrected chi connectivity index (χ0v) is 13.6. The van der Waals surface area contributed by atoms with E-state index in [0.29, 0.717) is 12.1 Å². The Labute approximate surface area is 124 Å². The van der Waals surface area contributed by atoms with Crippen LogP contribution in [0.3, 0.4) is 0 Å². The van der Waals surface area contributed by atoms with Crippen LogP contribution in [0.4, 0.5) is 4.39 Å². The molecule has 0 aliphatic rings. The highest BCUT2D eigenvalue weighted by Gasteiger charge is 2.19. The summed E-state index contributed by atoms with van der Waals surface area (Å²) in [7, 11) is -3.74. The molecule has 0 spiro atoms. The molecule has 0 aliphatic carbocycles. The van der Waals surface area contributed by atoms with E-state index < -0.39 is 15.8 Å². The van der Waals surface area contributed by atoms with Gasteiger partial charge in [-0.25, -0.2) is 17.5 Å². The van der Waals surface area contributed by atoms with Crippen molar-refractivity contribution in [3.05, 3.63) is 28.5 Å². The summed E-state index contributed by atoms with van der Waals surface area (Å²) in [5.74, 6) is -0.737. The van der Waals surface area contributed by atoms with Gasteiger partial charge >= 0.3 is 0 Å². The largest absolute Gasteiger partial charge is 0.310 e. The lowest BCUT2D eigenvalue weighted by Gasteiger charge is -2.14. The first-order valence-corrected chi connectivity index (χ1v) is 8.23. The summed E-state index contributed by atoms with van der Waals surface area (Å²) >= 11 is 5.87. The molecule has 2 N–H and O–H groups in total. The van der Waals surface area contributed by atoms with E-state index in [1.165, 1.54) is 6.07 Å². The Morgan fingerprint density at radius 3 is 2.30 bits per heavy atom. The van der Waals surface area contributed by atoms with Crippen LogP contribution < -0.4 is 10.0 Å². The molecule has 0 aliphatic heterocycles. The second kappa shape index (κ2) is 6.85. The lowest BCUT2D eigenvalue weighted by molar-refractivity contribution is 0.563. The average Bonchev–Trinajstić information content (AvgIpc) is 2.28. The molecule has 0 bridgehead atoms. The summed E-state index contributed by atoms with van der Waals surface area (Å²) in [5.41, 5.74) is 0.421. The predicted molar refractivity (Wildman–Crippen MR) is 78.8 cm³/mol. The molecule has 7 heteroatoms. The van der Waals surface area contributed by atoms with E-state index in [2.05, 4.69) is 10.0 Å². The highest BCUT2D eigenvalue weighted by atomic mass is 35.5. The molecule has 0 atom stereocenters. The van der Waals surface area contributed by atoms with Crippen LogP contribution in [-0.4, -0.2) is 20.5 Å². The molecule has 0 heterocycles. The Kier molecular flexibility index (Phi) is 5.94. The molecule has 20 heavy (non-hydrogen) atoms. The Hall–Kier alpha value is -0.690. The van der Waals surface area contributed by atoms with Crippen molar-refractivity contribution < 1.29 is 12.8 Å². The van der Waals surface area contributed by atoms with Crippen LogP contribution >= 0.6 is 11.6 Å². The molecule has 0 amide bonds. The Bertz CT molecular complexity index is 574. The minimum atomic E-state index is -3.74. The van der Waals surface area contributed by atoms with Gasteiger partial charge in [-0.1, -0.05) is 25.4 Å². The number of halogens is 2. The van der Waals surface area contributed by atoms with Gasteiger partial charge < -0.3 is 5.32 Å². The van der Waals surface area contributed by atoms with E-state index in [0.717, 1.165) is 6.07 Å². The van der Waals surface area contributed by atoms with Gasteiger partial charge in [-0.3, -0.25) is 0 Å². The standard InChI is InChI=1S/C13H20ClFN2O2S/c1-8(2)16-7-10-5-11(6-12(15)13(10)14)20(18,19)17-9(3)4/h5-6,8-9,16-17H,7H2,1-4H3. The molecule has 0 radical (unpaired) electrons. The molecular formula is C13H20ClFN2O2S. The number of hydrogen-bond donors (Lipinski definition) is 2. The molecule has 0 unspecified atom stereocenters. The topological polar surface area (TPSA) is 58.2 Å². The van der Waals surface area contributed by atoms with Crippen LogP contribution in [0.15, 0.2) is 17.0 Å². The molecule has 4 nitrogen and oxygen atoms in total. The third kappa shape index (κ3) is 4.70. The second-order valence-electron chi connectivity index (χ2n) is 5.19. The van der Waals surface area contributed by atoms with Crippen LogP contribution in [0.1, 0.15) is 33.3 Å². The van der Waals surface area contributed by atoms with Gasteiger partial charge in [0.15, 0.2) is 0 Å². The maximum absolute atomic E-state index is 13.8. The van der Waals surface area contributed by atoms with Gasteiger partial charge in [-0.2, -0.15) is 0 Å². The van der Waals surface area contributed by atoms with Crippen molar-refractivity contribution >= 4 is 21.6 Å². The molecule has 0 aromatic heterocycles. The summed E-state index contributed by atoms with van der Waals surface area (Å²) in [6.07, 6.45) is 0. The van der Waals surface area contributed by atoms with Gasteiger partial charge in [0.2, 0.25) is 10.0 Å². The monoisotopic (exact) mass is 322 g/mol. The van der Waals surface area contributed by atoms with Crippen molar-refractivity contribution in [2.45, 2.75) is 51.2 Å². The molecule has 0 saturated carbocycles. The van der Waals surface area contributed by atoms with Crippen LogP contribution in [0.2, 0.25) is 5.02 Å². The van der Waals surface area contributed by atoms with E-state index in [1.54, 1.807) is 13.8 Å². The minimum absolute atomic E-state index is 0.0540. The number of sulfonamides is 1. The zero-order chi connectivity index (χ0) is 15.5. The van der Waals surface area contributed by atoms with Gasteiger partial charge in [-0.05, 0) is 31.5 Å². The zero-order valence-electron chi connectivity index (χ0n) is 12.0. The van der Waals surface area contributed by atoms with Gasteiger partial charge in [0.25, 0.3) is 0 Å². The van der Waals surface area contributed by atoms with E-state index in [1.807, 2.05) is 13.8 Å². The van der Waals surface area contributed by atoms with Crippen molar-refractivity contribution in [1.82, 2.24) is 10.0 Å². The van der Waals surface area contributed by atoms with Crippen molar-refractivity contribution in [2.75, 3.05) is 0 Å². The maximum atomic E-state index is 13.8. The van der Waals surface area contributed by atoms with Crippen LogP contribution in [0, 0.1) is 5.82 Å². The SMILES string of the molecule is CC(C)NCc1cc(S(=O)(=O)NC(C)C)cc(F)c1Cl. The summed E-state index contributed by atoms with van der Waals surface area (Å²) in [6, 6.07) is 2.25. The van der Waals surface area contributed by atoms with Crippen molar-refractivity contribution in [3.63, 3.8) is 0 Å². The molecule has 0 fully saturated rings. The number of hydrogen-bond acceptors (Lipinski definition) is 3. The lowest BCUT2D eigenvalue weighted by Crippen LogP contribution is -2.30. The molecule has 1 aromatic rings. The normalized spacial score (nSPS) is 12.4. The first-order valence-electron chi connectivity index (χ1n) is 6.37. The smallest absolute Gasteiger partial charge is 0.240 e. The molecule has 1 aromatic carbocycles. The molecule has 114 valence electrons. The van der Waals surface area contributed by atoms with E-state index >= 15 is 0 Å². The number of nitrogens with one attached hydrogen (secondary N) is 2. The molecule has 1 rings (SSSR count). The first kappa shape index (κ1) is 17.4. The predicted octanol–water partition coefficient (Wildman–Crippen LogP) is 2.66. The second-order valence-corrected chi connectivity index (χ2v) is 7.28. The summed E-state index contributed by atoms with van der Waals surface area (Å²) in [5, 5.41) is 3.03. The Balaban J connectivity index is 3.17. The van der Waals surface area contributed by atoms with Gasteiger partial charge in [0, 0.05) is 18.6 Å². The van der Waals surface area contributed by atoms with Crippen LogP contribution in [-0.2, 0) is 16.6 Å². The third-order valence-corrected chi connectivity index (χ3v) is 4.54. The fourth-order valence-corrected chi connectivity index (χ4v) is 3.08. The van der Waals surface area contributed by atoms with Crippen molar-refractivity contribution in [3.8, 4) is 0 Å². The van der Waals surface area contributed by atoms with Crippen LogP contribution in [0.25, 0.3) is 0 Å². The van der Waals surface area contributed by atoms with E-state index in [9.17, 15) is 12.8 Å². The summed E-state index contributed by atoms with van der Waals surface area (Å²) in [4.78, 5) is -0.117. The first-order chi connectivity index (χ1) is 9.13. The van der Waals surface area contributed by atoms with Crippen LogP contribution in [0.5, 0.6) is 0 Å². The van der Waals surface area contributed by atoms with Gasteiger partial charge in [0.05, 0.1) is 9.92 Å². The maximum Gasteiger partial charge on any atom is 0.240 e. The Morgan fingerprint density at radius 2 is 1.80 bits per heavy atom. The van der Waals surface area contributed by atoms with Crippen molar-refractivity contribution in [2.24, 2.45) is 0 Å². The number of rotatable bonds is 6. The third-order valence-electron chi connectivity index (χ3n) is 2.48. The quantitative estimate of drug-likeness (QED) is 0.846. The molecule has 0 saturated heterocycles. The highest BCUT2D eigenvalue weighted by molar-refractivity contribution is 7.89. The fourth-order valence-electron chi connectivity index (χ4n) is 1.59. The van der Waals surface area contributed by atoms with Crippen molar-refractivity contribution in [1.29, 1.82) is 0 Å². The Morgan fingerprint density at radius 1 is 1.20 bits per heavy atom. The summed E-state index contributed by atoms with van der Waals surface area (Å²) in [6.45, 7) is 7.57.